The molecule has 0 heterocycles. The SMILES string of the molecule is COc1cccc(CNC(C)Cc2ccc(F)cc2)c1. The van der Waals surface area contributed by atoms with Gasteiger partial charge in [0.15, 0.2) is 0 Å². The maximum Gasteiger partial charge on any atom is 0.123 e. The van der Waals surface area contributed by atoms with Crippen LogP contribution in [0.25, 0.3) is 0 Å². The van der Waals surface area contributed by atoms with E-state index in [0.29, 0.717) is 6.04 Å². The van der Waals surface area contributed by atoms with Crippen molar-refractivity contribution in [2.24, 2.45) is 0 Å². The smallest absolute Gasteiger partial charge is 0.123 e. The molecule has 3 heteroatoms. The van der Waals surface area contributed by atoms with Gasteiger partial charge in [-0.3, -0.25) is 0 Å². The third kappa shape index (κ3) is 4.35. The number of halogens is 1. The van der Waals surface area contributed by atoms with Gasteiger partial charge in [0.2, 0.25) is 0 Å². The Balaban J connectivity index is 1.85. The van der Waals surface area contributed by atoms with Gasteiger partial charge in [-0.05, 0) is 48.7 Å². The van der Waals surface area contributed by atoms with Crippen LogP contribution in [0.4, 0.5) is 4.39 Å². The molecule has 2 aromatic rings. The van der Waals surface area contributed by atoms with Gasteiger partial charge in [0, 0.05) is 12.6 Å². The predicted octanol–water partition coefficient (Wildman–Crippen LogP) is 3.56. The molecule has 2 aromatic carbocycles. The molecule has 0 fully saturated rings. The summed E-state index contributed by atoms with van der Waals surface area (Å²) in [4.78, 5) is 0. The molecule has 2 rings (SSSR count). The highest BCUT2D eigenvalue weighted by Crippen LogP contribution is 2.13. The second-order valence-corrected chi connectivity index (χ2v) is 4.96. The Labute approximate surface area is 119 Å². The maximum absolute atomic E-state index is 12.8. The predicted molar refractivity (Wildman–Crippen MR) is 79.4 cm³/mol. The number of ether oxygens (including phenoxy) is 1. The number of hydrogen-bond donors (Lipinski definition) is 1. The van der Waals surface area contributed by atoms with Crippen molar-refractivity contribution >= 4 is 0 Å². The van der Waals surface area contributed by atoms with E-state index in [1.165, 1.54) is 17.7 Å². The van der Waals surface area contributed by atoms with Gasteiger partial charge in [-0.2, -0.15) is 0 Å². The Hall–Kier alpha value is -1.87. The minimum Gasteiger partial charge on any atom is -0.497 e. The molecule has 1 unspecified atom stereocenters. The summed E-state index contributed by atoms with van der Waals surface area (Å²) >= 11 is 0. The lowest BCUT2D eigenvalue weighted by molar-refractivity contribution is 0.414. The van der Waals surface area contributed by atoms with Crippen molar-refractivity contribution in [3.8, 4) is 5.75 Å². The molecule has 0 spiro atoms. The number of benzene rings is 2. The second kappa shape index (κ2) is 7.06. The molecule has 0 saturated heterocycles. The van der Waals surface area contributed by atoms with Crippen molar-refractivity contribution in [1.82, 2.24) is 5.32 Å². The van der Waals surface area contributed by atoms with Gasteiger partial charge in [-0.15, -0.1) is 0 Å². The van der Waals surface area contributed by atoms with Crippen LogP contribution in [0.1, 0.15) is 18.1 Å². The molecular weight excluding hydrogens is 253 g/mol. The summed E-state index contributed by atoms with van der Waals surface area (Å²) in [6, 6.07) is 15.0. The summed E-state index contributed by atoms with van der Waals surface area (Å²) in [6.45, 7) is 2.92. The summed E-state index contributed by atoms with van der Waals surface area (Å²) in [7, 11) is 1.67. The van der Waals surface area contributed by atoms with Crippen LogP contribution in [0.3, 0.4) is 0 Å². The number of methoxy groups -OCH3 is 1. The molecule has 0 aliphatic heterocycles. The molecule has 1 atom stereocenters. The maximum atomic E-state index is 12.8. The molecule has 0 aromatic heterocycles. The van der Waals surface area contributed by atoms with Gasteiger partial charge >= 0.3 is 0 Å². The third-order valence-electron chi connectivity index (χ3n) is 3.24. The average molecular weight is 273 g/mol. The van der Waals surface area contributed by atoms with Crippen LogP contribution in [-0.2, 0) is 13.0 Å². The van der Waals surface area contributed by atoms with Gasteiger partial charge in [0.05, 0.1) is 7.11 Å². The van der Waals surface area contributed by atoms with Gasteiger partial charge in [0.25, 0.3) is 0 Å². The van der Waals surface area contributed by atoms with Crippen LogP contribution in [0.5, 0.6) is 5.75 Å². The summed E-state index contributed by atoms with van der Waals surface area (Å²) in [6.07, 6.45) is 0.879. The van der Waals surface area contributed by atoms with Crippen LogP contribution in [0.2, 0.25) is 0 Å². The number of hydrogen-bond acceptors (Lipinski definition) is 2. The van der Waals surface area contributed by atoms with E-state index < -0.39 is 0 Å². The normalized spacial score (nSPS) is 12.2. The van der Waals surface area contributed by atoms with Crippen LogP contribution < -0.4 is 10.1 Å². The van der Waals surface area contributed by atoms with E-state index in [1.54, 1.807) is 7.11 Å². The molecule has 0 aliphatic rings. The monoisotopic (exact) mass is 273 g/mol. The molecule has 0 aliphatic carbocycles. The minimum absolute atomic E-state index is 0.189. The quantitative estimate of drug-likeness (QED) is 0.869. The van der Waals surface area contributed by atoms with Crippen LogP contribution in [0.15, 0.2) is 48.5 Å². The van der Waals surface area contributed by atoms with E-state index in [4.69, 9.17) is 4.74 Å². The largest absolute Gasteiger partial charge is 0.497 e. The summed E-state index contributed by atoms with van der Waals surface area (Å²) < 4.78 is 18.0. The van der Waals surface area contributed by atoms with E-state index >= 15 is 0 Å². The molecule has 0 saturated carbocycles. The zero-order valence-corrected chi connectivity index (χ0v) is 11.9. The van der Waals surface area contributed by atoms with E-state index in [2.05, 4.69) is 18.3 Å². The number of nitrogens with one attached hydrogen (secondary N) is 1. The Kier molecular flexibility index (Phi) is 5.13. The van der Waals surface area contributed by atoms with Gasteiger partial charge in [-0.1, -0.05) is 24.3 Å². The Morgan fingerprint density at radius 3 is 2.55 bits per heavy atom. The van der Waals surface area contributed by atoms with Crippen molar-refractivity contribution in [1.29, 1.82) is 0 Å². The molecule has 0 bridgehead atoms. The van der Waals surface area contributed by atoms with Crippen LogP contribution >= 0.6 is 0 Å². The fourth-order valence-electron chi connectivity index (χ4n) is 2.12. The fourth-order valence-corrected chi connectivity index (χ4v) is 2.12. The highest BCUT2D eigenvalue weighted by molar-refractivity contribution is 5.28. The van der Waals surface area contributed by atoms with Crippen molar-refractivity contribution in [3.63, 3.8) is 0 Å². The van der Waals surface area contributed by atoms with E-state index in [0.717, 1.165) is 24.3 Å². The van der Waals surface area contributed by atoms with Gasteiger partial charge < -0.3 is 10.1 Å². The van der Waals surface area contributed by atoms with Gasteiger partial charge in [-0.25, -0.2) is 4.39 Å². The zero-order valence-electron chi connectivity index (χ0n) is 11.9. The summed E-state index contributed by atoms with van der Waals surface area (Å²) in [5.74, 6) is 0.682. The average Bonchev–Trinajstić information content (AvgIpc) is 2.48. The van der Waals surface area contributed by atoms with Crippen molar-refractivity contribution in [2.75, 3.05) is 7.11 Å². The molecule has 0 radical (unpaired) electrons. The lowest BCUT2D eigenvalue weighted by atomic mass is 10.1. The van der Waals surface area contributed by atoms with Crippen LogP contribution in [-0.4, -0.2) is 13.2 Å². The summed E-state index contributed by atoms with van der Waals surface area (Å²) in [5, 5.41) is 3.46. The van der Waals surface area contributed by atoms with Gasteiger partial charge in [0.1, 0.15) is 11.6 Å². The first kappa shape index (κ1) is 14.5. The van der Waals surface area contributed by atoms with E-state index in [9.17, 15) is 4.39 Å². The molecule has 2 nitrogen and oxygen atoms in total. The third-order valence-corrected chi connectivity index (χ3v) is 3.24. The number of rotatable bonds is 6. The fraction of sp³-hybridized carbons (Fsp3) is 0.294. The Morgan fingerprint density at radius 1 is 1.10 bits per heavy atom. The summed E-state index contributed by atoms with van der Waals surface area (Å²) in [5.41, 5.74) is 2.33. The Morgan fingerprint density at radius 2 is 1.85 bits per heavy atom. The minimum atomic E-state index is -0.189. The first-order chi connectivity index (χ1) is 9.67. The van der Waals surface area contributed by atoms with Crippen molar-refractivity contribution in [2.45, 2.75) is 25.9 Å². The second-order valence-electron chi connectivity index (χ2n) is 4.96. The first-order valence-corrected chi connectivity index (χ1v) is 6.78. The standard InChI is InChI=1S/C17H20FNO/c1-13(10-14-6-8-16(18)9-7-14)19-12-15-4-3-5-17(11-15)20-2/h3-9,11,13,19H,10,12H2,1-2H3. The first-order valence-electron chi connectivity index (χ1n) is 6.78. The topological polar surface area (TPSA) is 21.3 Å². The van der Waals surface area contributed by atoms with E-state index in [1.807, 2.05) is 30.3 Å². The molecular formula is C17H20FNO. The lowest BCUT2D eigenvalue weighted by Gasteiger charge is -2.14. The lowest BCUT2D eigenvalue weighted by Crippen LogP contribution is -2.27. The van der Waals surface area contributed by atoms with Crippen molar-refractivity contribution < 1.29 is 9.13 Å². The highest BCUT2D eigenvalue weighted by atomic mass is 19.1. The van der Waals surface area contributed by atoms with Crippen molar-refractivity contribution in [3.05, 3.63) is 65.5 Å². The van der Waals surface area contributed by atoms with E-state index in [-0.39, 0.29) is 5.82 Å². The van der Waals surface area contributed by atoms with Crippen LogP contribution in [0, 0.1) is 5.82 Å². The molecule has 0 amide bonds. The zero-order chi connectivity index (χ0) is 14.4. The molecule has 106 valence electrons. The Bertz CT molecular complexity index is 539. The molecule has 20 heavy (non-hydrogen) atoms. The highest BCUT2D eigenvalue weighted by Gasteiger charge is 2.04. The molecule has 1 N–H and O–H groups in total.